The molecule has 0 aliphatic carbocycles. The largest absolute Gasteiger partial charge is 0.492 e. The second-order valence-electron chi connectivity index (χ2n) is 5.15. The lowest BCUT2D eigenvalue weighted by Crippen LogP contribution is -2.39. The Morgan fingerprint density at radius 2 is 2.17 bits per heavy atom. The van der Waals surface area contributed by atoms with Crippen molar-refractivity contribution in [2.24, 2.45) is 4.99 Å². The molecule has 2 N–H and O–H groups in total. The molecule has 2 rings (SSSR count). The van der Waals surface area contributed by atoms with Crippen LogP contribution in [-0.2, 0) is 6.54 Å². The molecule has 0 aliphatic heterocycles. The molecule has 0 atom stereocenters. The van der Waals surface area contributed by atoms with Crippen LogP contribution in [0.1, 0.15) is 22.4 Å². The molecule has 0 fully saturated rings. The maximum absolute atomic E-state index is 5.73. The first-order valence-corrected chi connectivity index (χ1v) is 8.62. The highest BCUT2D eigenvalue weighted by molar-refractivity contribution is 7.11. The van der Waals surface area contributed by atoms with Crippen LogP contribution < -0.4 is 15.4 Å². The SMILES string of the molecule is CCNC(=NCc1ncc(C)s1)NCCOc1cccc(C)c1. The maximum atomic E-state index is 5.73. The number of aryl methyl sites for hydroxylation is 2. The van der Waals surface area contributed by atoms with E-state index in [0.717, 1.165) is 23.3 Å². The second kappa shape index (κ2) is 9.15. The minimum atomic E-state index is 0.588. The van der Waals surface area contributed by atoms with E-state index in [9.17, 15) is 0 Å². The van der Waals surface area contributed by atoms with Crippen LogP contribution in [0.15, 0.2) is 35.5 Å². The van der Waals surface area contributed by atoms with Crippen molar-refractivity contribution in [1.29, 1.82) is 0 Å². The van der Waals surface area contributed by atoms with Crippen LogP contribution in [0.3, 0.4) is 0 Å². The summed E-state index contributed by atoms with van der Waals surface area (Å²) in [5.74, 6) is 1.68. The standard InChI is InChI=1S/C17H24N4OS/c1-4-18-17(21-12-16-20-11-14(3)23-16)19-8-9-22-15-7-5-6-13(2)10-15/h5-7,10-11H,4,8-9,12H2,1-3H3,(H2,18,19,21). The molecule has 1 heterocycles. The predicted octanol–water partition coefficient (Wildman–Crippen LogP) is 2.89. The Hall–Kier alpha value is -2.08. The van der Waals surface area contributed by atoms with Gasteiger partial charge < -0.3 is 15.4 Å². The van der Waals surface area contributed by atoms with Gasteiger partial charge in [-0.25, -0.2) is 9.98 Å². The van der Waals surface area contributed by atoms with Crippen LogP contribution in [0.5, 0.6) is 5.75 Å². The van der Waals surface area contributed by atoms with Crippen molar-refractivity contribution in [3.05, 3.63) is 45.9 Å². The summed E-state index contributed by atoms with van der Waals surface area (Å²) >= 11 is 1.68. The number of guanidine groups is 1. The highest BCUT2D eigenvalue weighted by Gasteiger charge is 2.01. The van der Waals surface area contributed by atoms with E-state index in [1.54, 1.807) is 11.3 Å². The second-order valence-corrected chi connectivity index (χ2v) is 6.47. The highest BCUT2D eigenvalue weighted by Crippen LogP contribution is 2.12. The van der Waals surface area contributed by atoms with Crippen molar-refractivity contribution in [2.45, 2.75) is 27.3 Å². The van der Waals surface area contributed by atoms with Gasteiger partial charge in [0.25, 0.3) is 0 Å². The van der Waals surface area contributed by atoms with E-state index < -0.39 is 0 Å². The average molecular weight is 332 g/mol. The van der Waals surface area contributed by atoms with E-state index in [0.29, 0.717) is 19.7 Å². The normalized spacial score (nSPS) is 11.3. The summed E-state index contributed by atoms with van der Waals surface area (Å²) in [7, 11) is 0. The van der Waals surface area contributed by atoms with E-state index in [-0.39, 0.29) is 0 Å². The van der Waals surface area contributed by atoms with Crippen molar-refractivity contribution >= 4 is 17.3 Å². The van der Waals surface area contributed by atoms with E-state index in [2.05, 4.69) is 40.5 Å². The van der Waals surface area contributed by atoms with Crippen LogP contribution in [0.4, 0.5) is 0 Å². The number of nitrogens with zero attached hydrogens (tertiary/aromatic N) is 2. The van der Waals surface area contributed by atoms with Crippen LogP contribution >= 0.6 is 11.3 Å². The van der Waals surface area contributed by atoms with Gasteiger partial charge in [-0.05, 0) is 38.5 Å². The maximum Gasteiger partial charge on any atom is 0.191 e. The number of hydrogen-bond donors (Lipinski definition) is 2. The number of ether oxygens (including phenoxy) is 1. The van der Waals surface area contributed by atoms with E-state index >= 15 is 0 Å². The van der Waals surface area contributed by atoms with Crippen molar-refractivity contribution in [1.82, 2.24) is 15.6 Å². The monoisotopic (exact) mass is 332 g/mol. The van der Waals surface area contributed by atoms with Crippen molar-refractivity contribution in [2.75, 3.05) is 19.7 Å². The summed E-state index contributed by atoms with van der Waals surface area (Å²) in [5, 5.41) is 7.52. The summed E-state index contributed by atoms with van der Waals surface area (Å²) in [6.45, 7) is 8.85. The first kappa shape index (κ1) is 17.3. The van der Waals surface area contributed by atoms with Crippen LogP contribution in [0, 0.1) is 13.8 Å². The Kier molecular flexibility index (Phi) is 6.87. The topological polar surface area (TPSA) is 58.5 Å². The number of aliphatic imine (C=N–C) groups is 1. The molecule has 0 bridgehead atoms. The predicted molar refractivity (Wildman–Crippen MR) is 96.3 cm³/mol. The molecule has 0 aliphatic rings. The zero-order chi connectivity index (χ0) is 16.5. The van der Waals surface area contributed by atoms with Crippen LogP contribution in [-0.4, -0.2) is 30.6 Å². The van der Waals surface area contributed by atoms with Gasteiger partial charge in [0.05, 0.1) is 13.1 Å². The zero-order valence-corrected chi connectivity index (χ0v) is 14.7. The van der Waals surface area contributed by atoms with Crippen molar-refractivity contribution in [3.8, 4) is 5.75 Å². The molecule has 6 heteroatoms. The Morgan fingerprint density at radius 1 is 1.30 bits per heavy atom. The molecule has 0 saturated carbocycles. The fourth-order valence-electron chi connectivity index (χ4n) is 2.01. The van der Waals surface area contributed by atoms with Crippen LogP contribution in [0.2, 0.25) is 0 Å². The molecule has 1 aromatic heterocycles. The molecule has 124 valence electrons. The highest BCUT2D eigenvalue weighted by atomic mass is 32.1. The van der Waals surface area contributed by atoms with Gasteiger partial charge in [0.2, 0.25) is 0 Å². The fourth-order valence-corrected chi connectivity index (χ4v) is 2.72. The quantitative estimate of drug-likeness (QED) is 0.465. The zero-order valence-electron chi connectivity index (χ0n) is 13.9. The summed E-state index contributed by atoms with van der Waals surface area (Å²) in [6.07, 6.45) is 1.88. The average Bonchev–Trinajstić information content (AvgIpc) is 2.94. The first-order chi connectivity index (χ1) is 11.2. The van der Waals surface area contributed by atoms with Gasteiger partial charge in [-0.1, -0.05) is 12.1 Å². The number of hydrogen-bond acceptors (Lipinski definition) is 4. The molecule has 5 nitrogen and oxygen atoms in total. The van der Waals surface area contributed by atoms with Crippen molar-refractivity contribution in [3.63, 3.8) is 0 Å². The summed E-state index contributed by atoms with van der Waals surface area (Å²) in [6, 6.07) is 8.06. The third-order valence-corrected chi connectivity index (χ3v) is 3.94. The molecule has 0 radical (unpaired) electrons. The first-order valence-electron chi connectivity index (χ1n) is 7.80. The third kappa shape index (κ3) is 6.28. The Labute approximate surface area is 141 Å². The van der Waals surface area contributed by atoms with E-state index in [1.807, 2.05) is 31.3 Å². The minimum Gasteiger partial charge on any atom is -0.492 e. The third-order valence-electron chi connectivity index (χ3n) is 3.04. The van der Waals surface area contributed by atoms with Gasteiger partial charge in [-0.2, -0.15) is 0 Å². The number of rotatable bonds is 7. The molecule has 2 aromatic rings. The minimum absolute atomic E-state index is 0.588. The van der Waals surface area contributed by atoms with E-state index in [1.165, 1.54) is 10.4 Å². The molecule has 0 spiro atoms. The Bertz CT molecular complexity index is 639. The van der Waals surface area contributed by atoms with Gasteiger partial charge in [0, 0.05) is 17.6 Å². The number of nitrogens with one attached hydrogen (secondary N) is 2. The lowest BCUT2D eigenvalue weighted by molar-refractivity contribution is 0.321. The molecule has 23 heavy (non-hydrogen) atoms. The van der Waals surface area contributed by atoms with Gasteiger partial charge in [0.1, 0.15) is 17.4 Å². The summed E-state index contributed by atoms with van der Waals surface area (Å²) in [5.41, 5.74) is 1.20. The smallest absolute Gasteiger partial charge is 0.191 e. The fraction of sp³-hybridized carbons (Fsp3) is 0.412. The van der Waals surface area contributed by atoms with Gasteiger partial charge in [-0.3, -0.25) is 0 Å². The van der Waals surface area contributed by atoms with Gasteiger partial charge >= 0.3 is 0 Å². The van der Waals surface area contributed by atoms with E-state index in [4.69, 9.17) is 4.74 Å². The molecular formula is C17H24N4OS. The van der Waals surface area contributed by atoms with Crippen molar-refractivity contribution < 1.29 is 4.74 Å². The van der Waals surface area contributed by atoms with Gasteiger partial charge in [0.15, 0.2) is 5.96 Å². The lowest BCUT2D eigenvalue weighted by Gasteiger charge is -2.12. The molecule has 0 amide bonds. The van der Waals surface area contributed by atoms with Gasteiger partial charge in [-0.15, -0.1) is 11.3 Å². The molecule has 0 unspecified atom stereocenters. The van der Waals surface area contributed by atoms with Crippen LogP contribution in [0.25, 0.3) is 0 Å². The lowest BCUT2D eigenvalue weighted by atomic mass is 10.2. The number of aromatic nitrogens is 1. The summed E-state index contributed by atoms with van der Waals surface area (Å²) < 4.78 is 5.73. The number of thiazole rings is 1. The Morgan fingerprint density at radius 3 is 2.87 bits per heavy atom. The summed E-state index contributed by atoms with van der Waals surface area (Å²) in [4.78, 5) is 10.1. The molecule has 1 aromatic carbocycles. The molecule has 0 saturated heterocycles. The molecular weight excluding hydrogens is 308 g/mol. The number of benzene rings is 1. The Balaban J connectivity index is 1.77.